The van der Waals surface area contributed by atoms with E-state index in [2.05, 4.69) is 27.4 Å². The summed E-state index contributed by atoms with van der Waals surface area (Å²) >= 11 is 0. The molecule has 4 aromatic rings. The summed E-state index contributed by atoms with van der Waals surface area (Å²) in [6.45, 7) is 0.546. The Kier molecular flexibility index (Phi) is 6.27. The lowest BCUT2D eigenvalue weighted by molar-refractivity contribution is -0.00461. The molecule has 2 N–H and O–H groups in total. The van der Waals surface area contributed by atoms with Crippen molar-refractivity contribution in [3.05, 3.63) is 88.5 Å². The molecule has 0 spiro atoms. The van der Waals surface area contributed by atoms with Crippen LogP contribution in [0.5, 0.6) is 0 Å². The van der Waals surface area contributed by atoms with Crippen molar-refractivity contribution in [2.75, 3.05) is 0 Å². The molecular weight excluding hydrogens is 428 g/mol. The molecule has 7 heteroatoms. The molecular formula is C27H28N4O3. The molecule has 1 aliphatic rings. The highest BCUT2D eigenvalue weighted by Crippen LogP contribution is 2.25. The first-order valence-electron chi connectivity index (χ1n) is 11.7. The number of aromatic nitrogens is 3. The van der Waals surface area contributed by atoms with Gasteiger partial charge in [-0.05, 0) is 42.2 Å². The maximum atomic E-state index is 13.2. The van der Waals surface area contributed by atoms with Gasteiger partial charge in [0.1, 0.15) is 0 Å². The summed E-state index contributed by atoms with van der Waals surface area (Å²) in [6, 6.07) is 19.5. The van der Waals surface area contributed by atoms with Crippen LogP contribution < -0.4 is 11.0 Å². The molecule has 2 heterocycles. The minimum atomic E-state index is -0.204. The number of carbonyl (C=O) groups is 1. The van der Waals surface area contributed by atoms with E-state index in [1.54, 1.807) is 13.2 Å². The number of imidazole rings is 1. The van der Waals surface area contributed by atoms with Gasteiger partial charge in [0.05, 0.1) is 24.3 Å². The normalized spacial score (nSPS) is 18.1. The first-order valence-corrected chi connectivity index (χ1v) is 11.7. The van der Waals surface area contributed by atoms with Crippen molar-refractivity contribution in [2.24, 2.45) is 7.05 Å². The standard InChI is InChI=1S/C27H28N4O3/c1-31-23-15-21(16-28-25(23)30-27(31)33)19-10-7-11-20(14-19)26(32)29-22-12-5-6-13-24(22)34-17-18-8-3-2-4-9-18/h2-4,7-11,14-16,22,24H,5-6,12-13,17H2,1H3,(H,29,32)(H,28,30,33)/t22-,24-/m0/s1. The number of amides is 1. The molecule has 1 amide bonds. The van der Waals surface area contributed by atoms with Gasteiger partial charge < -0.3 is 10.1 Å². The molecule has 0 saturated heterocycles. The zero-order valence-corrected chi connectivity index (χ0v) is 19.2. The number of pyridine rings is 1. The number of aromatic amines is 1. The number of H-pyrrole nitrogens is 1. The highest BCUT2D eigenvalue weighted by Gasteiger charge is 2.27. The number of nitrogens with zero attached hydrogens (tertiary/aromatic N) is 2. The highest BCUT2D eigenvalue weighted by molar-refractivity contribution is 5.96. The average Bonchev–Trinajstić information content (AvgIpc) is 3.17. The van der Waals surface area contributed by atoms with Gasteiger partial charge in [-0.2, -0.15) is 0 Å². The lowest BCUT2D eigenvalue weighted by Gasteiger charge is -2.32. The van der Waals surface area contributed by atoms with Crippen molar-refractivity contribution < 1.29 is 9.53 Å². The van der Waals surface area contributed by atoms with Crippen LogP contribution in [0.15, 0.2) is 71.7 Å². The Morgan fingerprint density at radius 2 is 1.91 bits per heavy atom. The van der Waals surface area contributed by atoms with Crippen molar-refractivity contribution in [1.29, 1.82) is 0 Å². The van der Waals surface area contributed by atoms with Gasteiger partial charge in [-0.25, -0.2) is 9.78 Å². The van der Waals surface area contributed by atoms with E-state index in [9.17, 15) is 9.59 Å². The molecule has 7 nitrogen and oxygen atoms in total. The molecule has 0 bridgehead atoms. The zero-order chi connectivity index (χ0) is 23.5. The van der Waals surface area contributed by atoms with Gasteiger partial charge >= 0.3 is 5.69 Å². The molecule has 0 unspecified atom stereocenters. The van der Waals surface area contributed by atoms with Crippen LogP contribution in [-0.4, -0.2) is 32.6 Å². The van der Waals surface area contributed by atoms with Crippen LogP contribution in [0, 0.1) is 0 Å². The third kappa shape index (κ3) is 4.65. The van der Waals surface area contributed by atoms with Crippen molar-refractivity contribution >= 4 is 17.1 Å². The molecule has 174 valence electrons. The van der Waals surface area contributed by atoms with E-state index in [1.165, 1.54) is 4.57 Å². The number of ether oxygens (including phenoxy) is 1. The molecule has 1 fully saturated rings. The van der Waals surface area contributed by atoms with Crippen LogP contribution in [0.25, 0.3) is 22.3 Å². The predicted molar refractivity (Wildman–Crippen MR) is 132 cm³/mol. The quantitative estimate of drug-likeness (QED) is 0.455. The van der Waals surface area contributed by atoms with Crippen LogP contribution in [-0.2, 0) is 18.4 Å². The molecule has 5 rings (SSSR count). The van der Waals surface area contributed by atoms with Crippen LogP contribution in [0.4, 0.5) is 0 Å². The number of rotatable bonds is 6. The predicted octanol–water partition coefficient (Wildman–Crippen LogP) is 4.19. The zero-order valence-electron chi connectivity index (χ0n) is 19.2. The molecule has 0 radical (unpaired) electrons. The van der Waals surface area contributed by atoms with Gasteiger partial charge in [-0.1, -0.05) is 55.3 Å². The number of nitrogens with one attached hydrogen (secondary N) is 2. The van der Waals surface area contributed by atoms with E-state index in [4.69, 9.17) is 4.74 Å². The fourth-order valence-electron chi connectivity index (χ4n) is 4.59. The minimum absolute atomic E-state index is 0.00238. The smallest absolute Gasteiger partial charge is 0.327 e. The topological polar surface area (TPSA) is 89.0 Å². The monoisotopic (exact) mass is 456 g/mol. The second-order valence-electron chi connectivity index (χ2n) is 8.86. The lowest BCUT2D eigenvalue weighted by Crippen LogP contribution is -2.46. The molecule has 0 aliphatic heterocycles. The first-order chi connectivity index (χ1) is 16.6. The van der Waals surface area contributed by atoms with Gasteiger partial charge in [-0.3, -0.25) is 14.3 Å². The van der Waals surface area contributed by atoms with Gasteiger partial charge in [0.25, 0.3) is 5.91 Å². The first kappa shape index (κ1) is 22.1. The Balaban J connectivity index is 1.31. The van der Waals surface area contributed by atoms with Gasteiger partial charge in [0.2, 0.25) is 0 Å². The van der Waals surface area contributed by atoms with Crippen LogP contribution >= 0.6 is 0 Å². The third-order valence-corrected chi connectivity index (χ3v) is 6.54. The van der Waals surface area contributed by atoms with Gasteiger partial charge in [-0.15, -0.1) is 0 Å². The Labute approximate surface area is 197 Å². The van der Waals surface area contributed by atoms with E-state index in [-0.39, 0.29) is 23.7 Å². The summed E-state index contributed by atoms with van der Waals surface area (Å²) < 4.78 is 7.74. The van der Waals surface area contributed by atoms with E-state index in [1.807, 2.05) is 48.5 Å². The van der Waals surface area contributed by atoms with Crippen molar-refractivity contribution in [2.45, 2.75) is 44.4 Å². The van der Waals surface area contributed by atoms with E-state index in [0.29, 0.717) is 17.8 Å². The van der Waals surface area contributed by atoms with Crippen molar-refractivity contribution in [1.82, 2.24) is 19.9 Å². The van der Waals surface area contributed by atoms with E-state index < -0.39 is 0 Å². The molecule has 2 aromatic carbocycles. The highest BCUT2D eigenvalue weighted by atomic mass is 16.5. The summed E-state index contributed by atoms with van der Waals surface area (Å²) in [5.41, 5.74) is 4.50. The van der Waals surface area contributed by atoms with Crippen LogP contribution in [0.1, 0.15) is 41.6 Å². The lowest BCUT2D eigenvalue weighted by atomic mass is 9.92. The van der Waals surface area contributed by atoms with E-state index in [0.717, 1.165) is 47.9 Å². The fourth-order valence-corrected chi connectivity index (χ4v) is 4.59. The summed E-state index contributed by atoms with van der Waals surface area (Å²) in [7, 11) is 1.71. The Hall–Kier alpha value is -3.71. The molecule has 34 heavy (non-hydrogen) atoms. The average molecular weight is 457 g/mol. The van der Waals surface area contributed by atoms with Crippen molar-refractivity contribution in [3.63, 3.8) is 0 Å². The van der Waals surface area contributed by atoms with E-state index >= 15 is 0 Å². The maximum Gasteiger partial charge on any atom is 0.327 e. The van der Waals surface area contributed by atoms with Crippen LogP contribution in [0.3, 0.4) is 0 Å². The Morgan fingerprint density at radius 3 is 2.76 bits per heavy atom. The largest absolute Gasteiger partial charge is 0.371 e. The fraction of sp³-hybridized carbons (Fsp3) is 0.296. The Morgan fingerprint density at radius 1 is 1.09 bits per heavy atom. The molecule has 1 saturated carbocycles. The number of carbonyl (C=O) groups excluding carboxylic acids is 1. The second-order valence-corrected chi connectivity index (χ2v) is 8.86. The Bertz CT molecular complexity index is 1360. The minimum Gasteiger partial charge on any atom is -0.371 e. The number of hydrogen-bond acceptors (Lipinski definition) is 4. The summed E-state index contributed by atoms with van der Waals surface area (Å²) in [5.74, 6) is -0.106. The number of fused-ring (bicyclic) bond motifs is 1. The molecule has 2 aromatic heterocycles. The van der Waals surface area contributed by atoms with Crippen LogP contribution in [0.2, 0.25) is 0 Å². The summed E-state index contributed by atoms with van der Waals surface area (Å²) in [5, 5.41) is 3.21. The maximum absolute atomic E-state index is 13.2. The molecule has 2 atom stereocenters. The summed E-state index contributed by atoms with van der Waals surface area (Å²) in [6.07, 6.45) is 5.76. The third-order valence-electron chi connectivity index (χ3n) is 6.54. The second kappa shape index (κ2) is 9.65. The number of aryl methyl sites for hydroxylation is 1. The number of benzene rings is 2. The molecule has 1 aliphatic carbocycles. The van der Waals surface area contributed by atoms with Crippen molar-refractivity contribution in [3.8, 4) is 11.1 Å². The summed E-state index contributed by atoms with van der Waals surface area (Å²) in [4.78, 5) is 32.1. The van der Waals surface area contributed by atoms with Gasteiger partial charge in [0, 0.05) is 24.4 Å². The number of hydrogen-bond donors (Lipinski definition) is 2. The van der Waals surface area contributed by atoms with Gasteiger partial charge in [0.15, 0.2) is 5.65 Å². The SMILES string of the molecule is Cn1c(=O)[nH]c2ncc(-c3cccc(C(=O)N[C@H]4CCCC[C@@H]4OCc4ccccc4)c3)cc21.